The summed E-state index contributed by atoms with van der Waals surface area (Å²) in [5.74, 6) is 0.135. The molecule has 0 unspecified atom stereocenters. The summed E-state index contributed by atoms with van der Waals surface area (Å²) >= 11 is 0. The van der Waals surface area contributed by atoms with Crippen molar-refractivity contribution in [2.45, 2.75) is 56.5 Å². The molecule has 0 aliphatic heterocycles. The van der Waals surface area contributed by atoms with Gasteiger partial charge in [-0.25, -0.2) is 19.9 Å². The number of anilines is 2. The molecule has 13 nitrogen and oxygen atoms in total. The molecular weight excluding hydrogens is 480 g/mol. The normalized spacial score (nSPS) is 27.1. The Morgan fingerprint density at radius 2 is 1.38 bits per heavy atom. The fourth-order valence-corrected chi connectivity index (χ4v) is 4.97. The molecule has 13 heteroatoms. The van der Waals surface area contributed by atoms with Gasteiger partial charge >= 0.3 is 0 Å². The van der Waals surface area contributed by atoms with Crippen molar-refractivity contribution in [2.75, 3.05) is 18.1 Å². The van der Waals surface area contributed by atoms with Gasteiger partial charge in [-0.3, -0.25) is 8.80 Å². The largest absolute Gasteiger partial charge is 0.392 e. The zero-order valence-electron chi connectivity index (χ0n) is 19.2. The van der Waals surface area contributed by atoms with Gasteiger partial charge in [0.05, 0.1) is 36.8 Å². The number of aliphatic hydroxyl groups excluding tert-OH is 5. The molecule has 198 valence electrons. The van der Waals surface area contributed by atoms with Crippen molar-refractivity contribution in [3.05, 3.63) is 60.2 Å². The summed E-state index contributed by atoms with van der Waals surface area (Å²) in [4.78, 5) is 16.3. The number of aliphatic hydroxyl groups is 5. The van der Waals surface area contributed by atoms with Crippen molar-refractivity contribution in [1.82, 2.24) is 28.7 Å². The lowest BCUT2D eigenvalue weighted by Crippen LogP contribution is -2.28. The number of nitrogens with zero attached hydrogens (tertiary/aromatic N) is 6. The minimum absolute atomic E-state index is 0. The molecule has 1 saturated carbocycles. The number of aromatic nitrogens is 6. The maximum Gasteiger partial charge on any atom is 0.180 e. The molecule has 2 aliphatic rings. The van der Waals surface area contributed by atoms with Crippen LogP contribution in [0.4, 0.5) is 11.6 Å². The highest BCUT2D eigenvalue weighted by atomic mass is 16.3. The molecule has 0 aromatic carbocycles. The highest BCUT2D eigenvalue weighted by molar-refractivity contribution is 5.61. The van der Waals surface area contributed by atoms with Crippen LogP contribution in [-0.2, 0) is 0 Å². The Morgan fingerprint density at radius 1 is 0.811 bits per heavy atom. The maximum atomic E-state index is 10.1. The van der Waals surface area contributed by atoms with E-state index in [9.17, 15) is 20.4 Å². The summed E-state index contributed by atoms with van der Waals surface area (Å²) in [6, 6.07) is 0. The summed E-state index contributed by atoms with van der Waals surface area (Å²) in [5, 5.41) is 48.5. The fraction of sp³-hybridized carbons (Fsp3) is 0.417. The molecule has 0 amide bonds. The van der Waals surface area contributed by atoms with Crippen LogP contribution in [0.15, 0.2) is 48.8 Å². The molecule has 0 radical (unpaired) electrons. The van der Waals surface area contributed by atoms with E-state index >= 15 is 0 Å². The van der Waals surface area contributed by atoms with Crippen LogP contribution in [0.3, 0.4) is 0 Å². The third-order valence-electron chi connectivity index (χ3n) is 6.92. The fourth-order valence-electron chi connectivity index (χ4n) is 4.97. The summed E-state index contributed by atoms with van der Waals surface area (Å²) in [6.45, 7) is -0.283. The van der Waals surface area contributed by atoms with Crippen LogP contribution in [0.1, 0.15) is 43.5 Å². The van der Waals surface area contributed by atoms with Crippen molar-refractivity contribution in [3.63, 3.8) is 0 Å². The first-order valence-corrected chi connectivity index (χ1v) is 11.5. The van der Waals surface area contributed by atoms with Crippen molar-refractivity contribution < 1.29 is 25.5 Å². The highest BCUT2D eigenvalue weighted by Gasteiger charge is 2.37. The van der Waals surface area contributed by atoms with E-state index in [1.54, 1.807) is 47.7 Å². The van der Waals surface area contributed by atoms with E-state index < -0.39 is 30.3 Å². The molecule has 37 heavy (non-hydrogen) atoms. The quantitative estimate of drug-likeness (QED) is 0.175. The molecule has 6 rings (SSSR count). The van der Waals surface area contributed by atoms with Gasteiger partial charge in [0.25, 0.3) is 0 Å². The van der Waals surface area contributed by atoms with Gasteiger partial charge in [0.15, 0.2) is 22.9 Å². The average Bonchev–Trinajstić information content (AvgIpc) is 3.63. The zero-order valence-corrected chi connectivity index (χ0v) is 19.2. The van der Waals surface area contributed by atoms with Gasteiger partial charge in [-0.1, -0.05) is 13.5 Å². The number of hydrogen-bond donors (Lipinski definition) is 7. The second-order valence-electron chi connectivity index (χ2n) is 8.98. The standard InChI is InChI=1S/C12H14N4O3.C11H14N4O2.CH4/c13-11-12-15-4-8(16(12)2-1-14-11)7-3-6(5-17)9(18)10(7)19;12-10-11-14-5-7(15(11)4-3-13-10)6-1-2-8(16)9(6)17;/h1-4,7,9-10,17-19H,5H2,(H2,13,14);3-6,8-9,16-17H,1-2H2,(H2,12,13);1H4/t7-,9+,10-;6-,8+,9-;/m00./s1. The van der Waals surface area contributed by atoms with E-state index in [-0.39, 0.29) is 20.0 Å². The van der Waals surface area contributed by atoms with Crippen molar-refractivity contribution in [3.8, 4) is 0 Å². The van der Waals surface area contributed by atoms with E-state index in [1.165, 1.54) is 0 Å². The van der Waals surface area contributed by atoms with E-state index in [1.807, 2.05) is 4.40 Å². The highest BCUT2D eigenvalue weighted by Crippen LogP contribution is 2.36. The summed E-state index contributed by atoms with van der Waals surface area (Å²) < 4.78 is 3.55. The molecule has 2 aliphatic carbocycles. The number of imidazole rings is 2. The summed E-state index contributed by atoms with van der Waals surface area (Å²) in [7, 11) is 0. The number of rotatable bonds is 3. The summed E-state index contributed by atoms with van der Waals surface area (Å²) in [6.07, 6.45) is 9.47. The lowest BCUT2D eigenvalue weighted by Gasteiger charge is -2.17. The second kappa shape index (κ2) is 10.4. The van der Waals surface area contributed by atoms with E-state index in [0.29, 0.717) is 40.6 Å². The number of nitrogen functional groups attached to an aromatic ring is 2. The minimum atomic E-state index is -1.06. The van der Waals surface area contributed by atoms with Gasteiger partial charge in [-0.15, -0.1) is 0 Å². The minimum Gasteiger partial charge on any atom is -0.392 e. The molecule has 4 aromatic heterocycles. The predicted octanol–water partition coefficient (Wildman–Crippen LogP) is -0.404. The van der Waals surface area contributed by atoms with Gasteiger partial charge in [-0.05, 0) is 18.4 Å². The third-order valence-corrected chi connectivity index (χ3v) is 6.92. The third kappa shape index (κ3) is 4.51. The molecule has 0 saturated heterocycles. The lowest BCUT2D eigenvalue weighted by atomic mass is 10.0. The second-order valence-corrected chi connectivity index (χ2v) is 8.98. The van der Waals surface area contributed by atoms with Gasteiger partial charge in [0.2, 0.25) is 0 Å². The topological polar surface area (TPSA) is 214 Å². The molecule has 6 atom stereocenters. The zero-order chi connectivity index (χ0) is 25.6. The Bertz CT molecular complexity index is 1420. The van der Waals surface area contributed by atoms with Gasteiger partial charge in [0.1, 0.15) is 6.10 Å². The molecular formula is C24H32N8O5. The van der Waals surface area contributed by atoms with Gasteiger partial charge < -0.3 is 37.0 Å². The lowest BCUT2D eigenvalue weighted by molar-refractivity contribution is 0.0345. The Hall–Kier alpha value is -3.62. The van der Waals surface area contributed by atoms with Crippen LogP contribution in [0.2, 0.25) is 0 Å². The first-order valence-electron chi connectivity index (χ1n) is 11.5. The molecule has 0 bridgehead atoms. The van der Waals surface area contributed by atoms with Crippen LogP contribution in [0.25, 0.3) is 11.3 Å². The van der Waals surface area contributed by atoms with E-state index in [0.717, 1.165) is 12.1 Å². The van der Waals surface area contributed by atoms with Crippen LogP contribution >= 0.6 is 0 Å². The first kappa shape index (κ1) is 26.4. The van der Waals surface area contributed by atoms with Crippen molar-refractivity contribution in [1.29, 1.82) is 0 Å². The van der Waals surface area contributed by atoms with E-state index in [2.05, 4.69) is 19.9 Å². The van der Waals surface area contributed by atoms with Crippen molar-refractivity contribution in [2.24, 2.45) is 0 Å². The molecule has 1 fully saturated rings. The number of nitrogens with two attached hydrogens (primary N) is 2. The Labute approximate surface area is 212 Å². The van der Waals surface area contributed by atoms with Crippen LogP contribution in [0, 0.1) is 0 Å². The smallest absolute Gasteiger partial charge is 0.180 e. The SMILES string of the molecule is C.Nc1nccn2c([C@@H]3C=C(CO)[C@@H](O)[C@H]3O)cnc12.Nc1nccn2c([C@@H]3CC[C@@H](O)[C@H]3O)cnc12. The maximum absolute atomic E-state index is 10.1. The number of fused-ring (bicyclic) bond motifs is 2. The Kier molecular flexibility index (Phi) is 7.43. The first-order chi connectivity index (χ1) is 17.3. The molecule has 9 N–H and O–H groups in total. The van der Waals surface area contributed by atoms with Crippen LogP contribution < -0.4 is 11.5 Å². The van der Waals surface area contributed by atoms with Crippen molar-refractivity contribution >= 4 is 22.9 Å². The predicted molar refractivity (Wildman–Crippen MR) is 135 cm³/mol. The van der Waals surface area contributed by atoms with E-state index in [4.69, 9.17) is 16.6 Å². The molecule has 4 aromatic rings. The number of hydrogen-bond acceptors (Lipinski definition) is 11. The Morgan fingerprint density at radius 3 is 1.89 bits per heavy atom. The van der Waals surface area contributed by atoms with Crippen LogP contribution in [-0.4, -0.2) is 85.3 Å². The molecule has 0 spiro atoms. The van der Waals surface area contributed by atoms with Crippen LogP contribution in [0.5, 0.6) is 0 Å². The average molecular weight is 513 g/mol. The monoisotopic (exact) mass is 512 g/mol. The Balaban J connectivity index is 0.000000169. The van der Waals surface area contributed by atoms with Gasteiger partial charge in [-0.2, -0.15) is 0 Å². The summed E-state index contributed by atoms with van der Waals surface area (Å²) in [5.41, 5.74) is 14.5. The van der Waals surface area contributed by atoms with Gasteiger partial charge in [0, 0.05) is 48.5 Å². The molecule has 4 heterocycles.